The Balaban J connectivity index is 2.35. The van der Waals surface area contributed by atoms with Gasteiger partial charge in [-0.25, -0.2) is 0 Å². The summed E-state index contributed by atoms with van der Waals surface area (Å²) in [6.07, 6.45) is 7.24. The van der Waals surface area contributed by atoms with E-state index in [1.807, 2.05) is 12.2 Å². The molecule has 0 atom stereocenters. The van der Waals surface area contributed by atoms with Crippen LogP contribution in [-0.2, 0) is 4.79 Å². The number of carbonyl (C=O) groups is 1. The summed E-state index contributed by atoms with van der Waals surface area (Å²) in [6, 6.07) is 0. The fraction of sp³-hybridized carbons (Fsp3) is 0.500. The quantitative estimate of drug-likeness (QED) is 0.630. The Morgan fingerprint density at radius 1 is 1.42 bits per heavy atom. The molecular weight excluding hydrogens is 150 g/mol. The molecule has 0 saturated carbocycles. The lowest BCUT2D eigenvalue weighted by molar-refractivity contribution is -0.113. The highest BCUT2D eigenvalue weighted by molar-refractivity contribution is 5.92. The monoisotopic (exact) mass is 165 g/mol. The minimum Gasteiger partial charge on any atom is -0.309 e. The van der Waals surface area contributed by atoms with Crippen LogP contribution in [-0.4, -0.2) is 31.3 Å². The van der Waals surface area contributed by atoms with Gasteiger partial charge in [0.15, 0.2) is 5.78 Å². The van der Waals surface area contributed by atoms with Crippen LogP contribution in [0.2, 0.25) is 0 Å². The molecule has 0 saturated heterocycles. The van der Waals surface area contributed by atoms with Crippen molar-refractivity contribution in [3.05, 3.63) is 23.8 Å². The predicted molar refractivity (Wildman–Crippen MR) is 50.0 cm³/mol. The molecular formula is C10H15NO. The van der Waals surface area contributed by atoms with E-state index in [1.165, 1.54) is 5.57 Å². The van der Waals surface area contributed by atoms with Crippen molar-refractivity contribution < 1.29 is 4.79 Å². The normalized spacial score (nSPS) is 16.9. The molecule has 0 unspecified atom stereocenters. The second-order valence-electron chi connectivity index (χ2n) is 3.34. The van der Waals surface area contributed by atoms with Crippen LogP contribution in [0.1, 0.15) is 12.8 Å². The van der Waals surface area contributed by atoms with Gasteiger partial charge in [0.1, 0.15) is 0 Å². The molecule has 12 heavy (non-hydrogen) atoms. The van der Waals surface area contributed by atoms with Crippen LogP contribution >= 0.6 is 0 Å². The minimum absolute atomic E-state index is 0.212. The zero-order chi connectivity index (χ0) is 8.97. The first kappa shape index (κ1) is 9.20. The van der Waals surface area contributed by atoms with Crippen LogP contribution in [0.15, 0.2) is 23.8 Å². The first-order valence-electron chi connectivity index (χ1n) is 4.23. The van der Waals surface area contributed by atoms with Crippen LogP contribution in [0.5, 0.6) is 0 Å². The van der Waals surface area contributed by atoms with E-state index >= 15 is 0 Å². The highest BCUT2D eigenvalue weighted by Gasteiger charge is 2.02. The van der Waals surface area contributed by atoms with Crippen LogP contribution in [0.25, 0.3) is 0 Å². The van der Waals surface area contributed by atoms with Crippen molar-refractivity contribution in [2.45, 2.75) is 12.8 Å². The summed E-state index contributed by atoms with van der Waals surface area (Å²) in [5.41, 5.74) is 1.28. The van der Waals surface area contributed by atoms with Crippen molar-refractivity contribution in [1.29, 1.82) is 0 Å². The minimum atomic E-state index is 0.212. The Kier molecular flexibility index (Phi) is 3.23. The van der Waals surface area contributed by atoms with Gasteiger partial charge in [-0.3, -0.25) is 4.79 Å². The van der Waals surface area contributed by atoms with Crippen molar-refractivity contribution in [1.82, 2.24) is 4.90 Å². The summed E-state index contributed by atoms with van der Waals surface area (Å²) in [5.74, 6) is 0.212. The van der Waals surface area contributed by atoms with E-state index in [1.54, 1.807) is 6.08 Å². The molecule has 0 aromatic carbocycles. The molecule has 0 bridgehead atoms. The number of carbonyl (C=O) groups excluding carboxylic acids is 1. The van der Waals surface area contributed by atoms with Gasteiger partial charge in [0.2, 0.25) is 0 Å². The summed E-state index contributed by atoms with van der Waals surface area (Å²) in [6.45, 7) is 1.05. The fourth-order valence-electron chi connectivity index (χ4n) is 1.11. The maximum absolute atomic E-state index is 10.8. The molecule has 0 fully saturated rings. The summed E-state index contributed by atoms with van der Waals surface area (Å²) in [5, 5.41) is 0. The van der Waals surface area contributed by atoms with Crippen LogP contribution in [0.3, 0.4) is 0 Å². The van der Waals surface area contributed by atoms with Crippen molar-refractivity contribution in [3.63, 3.8) is 0 Å². The van der Waals surface area contributed by atoms with Gasteiger partial charge in [-0.2, -0.15) is 0 Å². The van der Waals surface area contributed by atoms with Gasteiger partial charge >= 0.3 is 0 Å². The summed E-state index contributed by atoms with van der Waals surface area (Å²) < 4.78 is 0. The highest BCUT2D eigenvalue weighted by atomic mass is 16.1. The van der Waals surface area contributed by atoms with Crippen LogP contribution < -0.4 is 0 Å². The first-order valence-corrected chi connectivity index (χ1v) is 4.23. The first-order chi connectivity index (χ1) is 5.68. The van der Waals surface area contributed by atoms with Crippen molar-refractivity contribution in [3.8, 4) is 0 Å². The lowest BCUT2D eigenvalue weighted by atomic mass is 10.0. The topological polar surface area (TPSA) is 20.3 Å². The predicted octanol–water partition coefficient (Wildman–Crippen LogP) is 1.39. The Morgan fingerprint density at radius 2 is 2.17 bits per heavy atom. The van der Waals surface area contributed by atoms with E-state index in [4.69, 9.17) is 0 Å². The molecule has 1 aliphatic rings. The summed E-state index contributed by atoms with van der Waals surface area (Å²) >= 11 is 0. The largest absolute Gasteiger partial charge is 0.309 e. The lowest BCUT2D eigenvalue weighted by Crippen LogP contribution is -2.13. The standard InChI is InChI=1S/C10H15NO/c1-11(2)8-7-9-3-5-10(12)6-4-9/h3-5H,6-8H2,1-2H3. The molecule has 0 spiro atoms. The molecule has 0 heterocycles. The Morgan fingerprint density at radius 3 is 2.67 bits per heavy atom. The Hall–Kier alpha value is -0.890. The van der Waals surface area contributed by atoms with Crippen LogP contribution in [0.4, 0.5) is 0 Å². The van der Waals surface area contributed by atoms with Gasteiger partial charge in [-0.1, -0.05) is 17.7 Å². The molecule has 2 heteroatoms. The average molecular weight is 165 g/mol. The van der Waals surface area contributed by atoms with E-state index in [0.717, 1.165) is 13.0 Å². The third-order valence-corrected chi connectivity index (χ3v) is 1.90. The van der Waals surface area contributed by atoms with Crippen molar-refractivity contribution >= 4 is 5.78 Å². The third-order valence-electron chi connectivity index (χ3n) is 1.90. The molecule has 1 aliphatic carbocycles. The number of hydrogen-bond donors (Lipinski definition) is 0. The van der Waals surface area contributed by atoms with E-state index in [-0.39, 0.29) is 5.78 Å². The van der Waals surface area contributed by atoms with E-state index < -0.39 is 0 Å². The smallest absolute Gasteiger partial charge is 0.159 e. The summed E-state index contributed by atoms with van der Waals surface area (Å²) in [4.78, 5) is 12.9. The van der Waals surface area contributed by atoms with Crippen molar-refractivity contribution in [2.75, 3.05) is 20.6 Å². The average Bonchev–Trinajstić information content (AvgIpc) is 2.03. The number of rotatable bonds is 3. The van der Waals surface area contributed by atoms with Crippen molar-refractivity contribution in [2.24, 2.45) is 0 Å². The van der Waals surface area contributed by atoms with Crippen LogP contribution in [0, 0.1) is 0 Å². The lowest BCUT2D eigenvalue weighted by Gasteiger charge is -2.11. The molecule has 0 aromatic heterocycles. The fourth-order valence-corrected chi connectivity index (χ4v) is 1.11. The van der Waals surface area contributed by atoms with Gasteiger partial charge in [-0.15, -0.1) is 0 Å². The Bertz CT molecular complexity index is 226. The highest BCUT2D eigenvalue weighted by Crippen LogP contribution is 2.10. The molecule has 1 rings (SSSR count). The molecule has 0 radical (unpaired) electrons. The summed E-state index contributed by atoms with van der Waals surface area (Å²) in [7, 11) is 4.11. The number of ketones is 1. The maximum Gasteiger partial charge on any atom is 0.159 e. The van der Waals surface area contributed by atoms with Gasteiger partial charge in [0, 0.05) is 13.0 Å². The second-order valence-corrected chi connectivity index (χ2v) is 3.34. The number of nitrogens with zero attached hydrogens (tertiary/aromatic N) is 1. The molecule has 66 valence electrons. The third kappa shape index (κ3) is 3.01. The van der Waals surface area contributed by atoms with Gasteiger partial charge < -0.3 is 4.90 Å². The maximum atomic E-state index is 10.8. The van der Waals surface area contributed by atoms with Gasteiger partial charge in [0.25, 0.3) is 0 Å². The molecule has 0 aromatic rings. The van der Waals surface area contributed by atoms with Gasteiger partial charge in [-0.05, 0) is 26.6 Å². The number of allylic oxidation sites excluding steroid dienone is 3. The Labute approximate surface area is 73.6 Å². The molecule has 2 nitrogen and oxygen atoms in total. The zero-order valence-corrected chi connectivity index (χ0v) is 7.71. The molecule has 0 N–H and O–H groups in total. The SMILES string of the molecule is CN(C)CCC1=CCC(=O)C=C1. The number of hydrogen-bond acceptors (Lipinski definition) is 2. The van der Waals surface area contributed by atoms with E-state index in [9.17, 15) is 4.79 Å². The van der Waals surface area contributed by atoms with Gasteiger partial charge in [0.05, 0.1) is 0 Å². The van der Waals surface area contributed by atoms with E-state index in [0.29, 0.717) is 6.42 Å². The van der Waals surface area contributed by atoms with E-state index in [2.05, 4.69) is 19.0 Å². The zero-order valence-electron chi connectivity index (χ0n) is 7.71. The molecule has 0 amide bonds. The second kappa shape index (κ2) is 4.21. The molecule has 0 aliphatic heterocycles.